The molecule has 5 heteroatoms. The van der Waals surface area contributed by atoms with Crippen molar-refractivity contribution in [3.8, 4) is 0 Å². The highest BCUT2D eigenvalue weighted by Crippen LogP contribution is 2.23. The minimum atomic E-state index is -3.58. The molecule has 1 atom stereocenters. The van der Waals surface area contributed by atoms with Crippen LogP contribution in [0.15, 0.2) is 29.2 Å². The summed E-state index contributed by atoms with van der Waals surface area (Å²) in [6.45, 7) is 5.29. The Morgan fingerprint density at radius 1 is 1.24 bits per heavy atom. The minimum absolute atomic E-state index is 0.0298. The number of aliphatic hydroxyl groups excluding tert-OH is 1. The van der Waals surface area contributed by atoms with Gasteiger partial charge >= 0.3 is 0 Å². The molecule has 0 heterocycles. The van der Waals surface area contributed by atoms with Crippen LogP contribution in [-0.2, 0) is 9.84 Å². The van der Waals surface area contributed by atoms with Gasteiger partial charge in [0.1, 0.15) is 5.82 Å². The molecule has 0 radical (unpaired) electrons. The Labute approximate surface area is 101 Å². The average Bonchev–Trinajstić information content (AvgIpc) is 2.16. The number of rotatable bonds is 3. The van der Waals surface area contributed by atoms with Gasteiger partial charge in [0.15, 0.2) is 9.84 Å². The Hall–Kier alpha value is -0.940. The molecule has 0 saturated carbocycles. The van der Waals surface area contributed by atoms with Crippen LogP contribution < -0.4 is 0 Å². The molecule has 96 valence electrons. The lowest BCUT2D eigenvalue weighted by Gasteiger charge is -2.25. The molecular formula is C12H17FO3S. The first-order chi connectivity index (χ1) is 7.63. The minimum Gasteiger partial charge on any atom is -0.392 e. The molecular weight excluding hydrogens is 243 g/mol. The van der Waals surface area contributed by atoms with E-state index in [0.717, 1.165) is 12.1 Å². The summed E-state index contributed by atoms with van der Waals surface area (Å²) in [6.07, 6.45) is -0.961. The summed E-state index contributed by atoms with van der Waals surface area (Å²) in [5.41, 5.74) is -0.507. The van der Waals surface area contributed by atoms with Gasteiger partial charge in [-0.25, -0.2) is 12.8 Å². The van der Waals surface area contributed by atoms with Crippen molar-refractivity contribution in [3.63, 3.8) is 0 Å². The lowest BCUT2D eigenvalue weighted by molar-refractivity contribution is 0.0826. The highest BCUT2D eigenvalue weighted by atomic mass is 32.2. The van der Waals surface area contributed by atoms with Gasteiger partial charge in [0, 0.05) is 0 Å². The van der Waals surface area contributed by atoms with Gasteiger partial charge < -0.3 is 5.11 Å². The average molecular weight is 260 g/mol. The van der Waals surface area contributed by atoms with Crippen molar-refractivity contribution < 1.29 is 17.9 Å². The fraction of sp³-hybridized carbons (Fsp3) is 0.500. The first kappa shape index (κ1) is 14.1. The fourth-order valence-corrected chi connectivity index (χ4v) is 2.85. The molecule has 1 aromatic rings. The predicted octanol–water partition coefficient (Wildman–Crippen LogP) is 2.01. The van der Waals surface area contributed by atoms with Crippen molar-refractivity contribution in [1.29, 1.82) is 0 Å². The third-order valence-corrected chi connectivity index (χ3v) is 4.29. The van der Waals surface area contributed by atoms with Gasteiger partial charge in [0.05, 0.1) is 16.8 Å². The Morgan fingerprint density at radius 2 is 1.71 bits per heavy atom. The van der Waals surface area contributed by atoms with E-state index < -0.39 is 27.2 Å². The summed E-state index contributed by atoms with van der Waals surface area (Å²) in [7, 11) is -3.58. The summed E-state index contributed by atoms with van der Waals surface area (Å²) in [6, 6.07) is 4.60. The van der Waals surface area contributed by atoms with Crippen molar-refractivity contribution in [2.75, 3.05) is 5.75 Å². The summed E-state index contributed by atoms with van der Waals surface area (Å²) < 4.78 is 36.5. The number of sulfone groups is 1. The van der Waals surface area contributed by atoms with Crippen molar-refractivity contribution in [3.05, 3.63) is 30.1 Å². The van der Waals surface area contributed by atoms with Crippen molar-refractivity contribution >= 4 is 9.84 Å². The van der Waals surface area contributed by atoms with Crippen LogP contribution in [-0.4, -0.2) is 25.4 Å². The van der Waals surface area contributed by atoms with E-state index >= 15 is 0 Å². The summed E-state index contributed by atoms with van der Waals surface area (Å²) in [4.78, 5) is 0.0298. The van der Waals surface area contributed by atoms with Crippen molar-refractivity contribution in [2.24, 2.45) is 5.41 Å². The second-order valence-corrected chi connectivity index (χ2v) is 7.15. The van der Waals surface area contributed by atoms with Gasteiger partial charge in [0.2, 0.25) is 0 Å². The van der Waals surface area contributed by atoms with Gasteiger partial charge in [-0.1, -0.05) is 20.8 Å². The molecule has 0 saturated heterocycles. The number of aliphatic hydroxyl groups is 1. The van der Waals surface area contributed by atoms with Crippen LogP contribution in [0.5, 0.6) is 0 Å². The Kier molecular flexibility index (Phi) is 3.94. The molecule has 0 aliphatic heterocycles. The highest BCUT2D eigenvalue weighted by molar-refractivity contribution is 7.91. The van der Waals surface area contributed by atoms with E-state index in [0.29, 0.717) is 0 Å². The molecule has 1 rings (SSSR count). The maximum Gasteiger partial charge on any atom is 0.180 e. The van der Waals surface area contributed by atoms with Gasteiger partial charge in [-0.3, -0.25) is 0 Å². The van der Waals surface area contributed by atoms with Crippen LogP contribution in [0.25, 0.3) is 0 Å². The van der Waals surface area contributed by atoms with Crippen LogP contribution in [0.1, 0.15) is 20.8 Å². The van der Waals surface area contributed by atoms with E-state index in [1.807, 2.05) is 0 Å². The normalized spacial score (nSPS) is 14.6. The zero-order chi connectivity index (χ0) is 13.3. The predicted molar refractivity (Wildman–Crippen MR) is 63.9 cm³/mol. The molecule has 1 N–H and O–H groups in total. The lowest BCUT2D eigenvalue weighted by Crippen LogP contribution is -2.33. The Morgan fingerprint density at radius 3 is 2.12 bits per heavy atom. The molecule has 0 fully saturated rings. The maximum atomic E-state index is 12.7. The molecule has 1 aromatic carbocycles. The summed E-state index contributed by atoms with van der Waals surface area (Å²) >= 11 is 0. The highest BCUT2D eigenvalue weighted by Gasteiger charge is 2.28. The lowest BCUT2D eigenvalue weighted by atomic mass is 9.90. The van der Waals surface area contributed by atoms with Crippen LogP contribution in [0.4, 0.5) is 4.39 Å². The largest absolute Gasteiger partial charge is 0.392 e. The van der Waals surface area contributed by atoms with Crippen LogP contribution in [0, 0.1) is 11.2 Å². The van der Waals surface area contributed by atoms with Crippen molar-refractivity contribution in [1.82, 2.24) is 0 Å². The summed E-state index contributed by atoms with van der Waals surface area (Å²) in [5, 5.41) is 9.78. The number of hydrogen-bond acceptors (Lipinski definition) is 3. The van der Waals surface area contributed by atoms with Gasteiger partial charge in [-0.05, 0) is 29.7 Å². The second kappa shape index (κ2) is 4.74. The number of benzene rings is 1. The van der Waals surface area contributed by atoms with E-state index in [4.69, 9.17) is 0 Å². The quantitative estimate of drug-likeness (QED) is 0.846. The topological polar surface area (TPSA) is 54.4 Å². The molecule has 17 heavy (non-hydrogen) atoms. The van der Waals surface area contributed by atoms with Crippen LogP contribution >= 0.6 is 0 Å². The molecule has 0 spiro atoms. The fourth-order valence-electron chi connectivity index (χ4n) is 1.20. The van der Waals surface area contributed by atoms with Gasteiger partial charge in [0.25, 0.3) is 0 Å². The van der Waals surface area contributed by atoms with Crippen LogP contribution in [0.2, 0.25) is 0 Å². The van der Waals surface area contributed by atoms with Crippen LogP contribution in [0.3, 0.4) is 0 Å². The van der Waals surface area contributed by atoms with Crippen molar-refractivity contribution in [2.45, 2.75) is 31.8 Å². The van der Waals surface area contributed by atoms with Gasteiger partial charge in [-0.2, -0.15) is 0 Å². The van der Waals surface area contributed by atoms with E-state index in [-0.39, 0.29) is 10.6 Å². The maximum absolute atomic E-state index is 12.7. The summed E-state index contributed by atoms with van der Waals surface area (Å²) in [5.74, 6) is -0.845. The third-order valence-electron chi connectivity index (χ3n) is 2.55. The molecule has 0 amide bonds. The van der Waals surface area contributed by atoms with E-state index in [9.17, 15) is 17.9 Å². The first-order valence-electron chi connectivity index (χ1n) is 5.29. The van der Waals surface area contributed by atoms with E-state index in [1.165, 1.54) is 12.1 Å². The zero-order valence-corrected chi connectivity index (χ0v) is 11.0. The molecule has 0 bridgehead atoms. The molecule has 0 aliphatic carbocycles. The molecule has 0 aliphatic rings. The molecule has 0 aromatic heterocycles. The zero-order valence-electron chi connectivity index (χ0n) is 10.1. The smallest absolute Gasteiger partial charge is 0.180 e. The SMILES string of the molecule is CC(C)(C)C(O)CS(=O)(=O)c1ccc(F)cc1. The van der Waals surface area contributed by atoms with E-state index in [1.54, 1.807) is 20.8 Å². The standard InChI is InChI=1S/C12H17FO3S/c1-12(2,3)11(14)8-17(15,16)10-6-4-9(13)5-7-10/h4-7,11,14H,8H2,1-3H3. The second-order valence-electron chi connectivity index (χ2n) is 5.12. The third kappa shape index (κ3) is 3.78. The monoisotopic (exact) mass is 260 g/mol. The molecule has 3 nitrogen and oxygen atoms in total. The number of halogens is 1. The van der Waals surface area contributed by atoms with Gasteiger partial charge in [-0.15, -0.1) is 0 Å². The number of hydrogen-bond donors (Lipinski definition) is 1. The first-order valence-corrected chi connectivity index (χ1v) is 6.94. The van der Waals surface area contributed by atoms with E-state index in [2.05, 4.69) is 0 Å². The Balaban J connectivity index is 2.94. The molecule has 1 unspecified atom stereocenters. The Bertz CT molecular complexity index is 471.